The van der Waals surface area contributed by atoms with E-state index in [1.54, 1.807) is 18.2 Å². The summed E-state index contributed by atoms with van der Waals surface area (Å²) in [6, 6.07) is 21.8. The van der Waals surface area contributed by atoms with Gasteiger partial charge in [0.15, 0.2) is 0 Å². The lowest BCUT2D eigenvalue weighted by Gasteiger charge is -2.21. The molecule has 0 amide bonds. The average molecular weight is 540 g/mol. The van der Waals surface area contributed by atoms with E-state index < -0.39 is 11.8 Å². The fraction of sp³-hybridized carbons (Fsp3) is 0.312. The number of hydrogen-bond acceptors (Lipinski definition) is 5. The minimum atomic E-state index is -0.860. The van der Waals surface area contributed by atoms with Gasteiger partial charge in [-0.15, -0.1) is 0 Å². The number of halogens is 1. The van der Waals surface area contributed by atoms with E-state index in [4.69, 9.17) is 14.9 Å². The van der Waals surface area contributed by atoms with E-state index in [0.29, 0.717) is 54.0 Å². The van der Waals surface area contributed by atoms with Crippen LogP contribution in [0.1, 0.15) is 67.8 Å². The van der Waals surface area contributed by atoms with Crippen LogP contribution in [0.25, 0.3) is 16.6 Å². The van der Waals surface area contributed by atoms with E-state index in [2.05, 4.69) is 29.4 Å². The van der Waals surface area contributed by atoms with Gasteiger partial charge in [0.05, 0.1) is 22.3 Å². The maximum absolute atomic E-state index is 13.7. The number of hydrogen-bond donors (Lipinski definition) is 1. The zero-order valence-electron chi connectivity index (χ0n) is 22.1. The van der Waals surface area contributed by atoms with Gasteiger partial charge in [-0.1, -0.05) is 41.6 Å². The van der Waals surface area contributed by atoms with Crippen molar-refractivity contribution in [1.82, 2.24) is 9.55 Å². The van der Waals surface area contributed by atoms with Crippen LogP contribution in [-0.2, 0) is 16.1 Å². The lowest BCUT2D eigenvalue weighted by molar-refractivity contribution is -0.137. The zero-order chi connectivity index (χ0) is 27.7. The number of rotatable bonds is 8. The van der Waals surface area contributed by atoms with Crippen LogP contribution in [0.15, 0.2) is 82.7 Å². The maximum Gasteiger partial charge on any atom is 0.303 e. The Hall–Kier alpha value is -4.33. The number of aryl methyl sites for hydroxylation is 1. The van der Waals surface area contributed by atoms with Gasteiger partial charge >= 0.3 is 5.97 Å². The van der Waals surface area contributed by atoms with Crippen LogP contribution in [0.4, 0.5) is 4.39 Å². The van der Waals surface area contributed by atoms with E-state index in [-0.39, 0.29) is 17.6 Å². The van der Waals surface area contributed by atoms with Crippen LogP contribution in [-0.4, -0.2) is 31.9 Å². The first-order valence-electron chi connectivity index (χ1n) is 13.7. The minimum absolute atomic E-state index is 0.0468. The second-order valence-corrected chi connectivity index (χ2v) is 10.8. The summed E-state index contributed by atoms with van der Waals surface area (Å²) < 4.78 is 15.1. The molecule has 1 aliphatic carbocycles. The highest BCUT2D eigenvalue weighted by Gasteiger charge is 2.46. The van der Waals surface area contributed by atoms with Crippen molar-refractivity contribution in [2.24, 2.45) is 5.16 Å². The van der Waals surface area contributed by atoms with Crippen LogP contribution in [0.2, 0.25) is 0 Å². The fourth-order valence-corrected chi connectivity index (χ4v) is 6.01. The summed E-state index contributed by atoms with van der Waals surface area (Å²) in [7, 11) is 0. The van der Waals surface area contributed by atoms with Gasteiger partial charge in [0.2, 0.25) is 0 Å². The first-order valence-corrected chi connectivity index (χ1v) is 13.7. The summed E-state index contributed by atoms with van der Waals surface area (Å²) in [6.07, 6.45) is 5.09. The fourth-order valence-electron chi connectivity index (χ4n) is 6.01. The van der Waals surface area contributed by atoms with E-state index >= 15 is 0 Å². The van der Waals surface area contributed by atoms with Crippen molar-refractivity contribution in [1.29, 1.82) is 0 Å². The molecule has 2 heterocycles. The summed E-state index contributed by atoms with van der Waals surface area (Å²) in [5.41, 5.74) is 3.56. The Balaban J connectivity index is 1.29. The van der Waals surface area contributed by atoms with Crippen LogP contribution in [0.3, 0.4) is 0 Å². The number of unbranched alkanes of at least 4 members (excludes halogenated alkanes) is 1. The maximum atomic E-state index is 13.7. The van der Waals surface area contributed by atoms with Gasteiger partial charge < -0.3 is 9.94 Å². The van der Waals surface area contributed by atoms with E-state index in [9.17, 15) is 14.0 Å². The number of aromatic nitrogens is 2. The van der Waals surface area contributed by atoms with E-state index in [1.165, 1.54) is 22.3 Å². The zero-order valence-corrected chi connectivity index (χ0v) is 22.1. The summed E-state index contributed by atoms with van der Waals surface area (Å²) in [6.45, 7) is 0. The normalized spacial score (nSPS) is 20.1. The van der Waals surface area contributed by atoms with Gasteiger partial charge in [-0.3, -0.25) is 14.2 Å². The Morgan fingerprint density at radius 3 is 2.65 bits per heavy atom. The average Bonchev–Trinajstić information content (AvgIpc) is 3.58. The minimum Gasteiger partial charge on any atom is -0.481 e. The largest absolute Gasteiger partial charge is 0.481 e. The molecular weight excluding hydrogens is 509 g/mol. The number of benzene rings is 3. The number of carboxylic acid groups (broad SMARTS) is 1. The number of nitrogens with zero attached hydrogens (tertiary/aromatic N) is 3. The number of aliphatic carboxylic acids is 1. The standard InChI is InChI=1S/C32H30FN3O4/c33-24-11-13-25(14-12-24)36-29(8-4-5-9-30(37)38)34-27-18-22(10-15-26(27)31(36)39)28-20-32(40-35-28)17-16-23(19-32)21-6-2-1-3-7-21/h1-3,6-7,10-15,18,23H,4-5,8-9,16-17,19-20H2,(H,37,38). The molecule has 8 heteroatoms. The quantitative estimate of drug-likeness (QED) is 0.271. The monoisotopic (exact) mass is 539 g/mol. The van der Waals surface area contributed by atoms with Crippen molar-refractivity contribution in [2.45, 2.75) is 62.9 Å². The van der Waals surface area contributed by atoms with Crippen LogP contribution < -0.4 is 5.56 Å². The molecule has 6 rings (SSSR count). The molecule has 1 fully saturated rings. The molecule has 1 spiro atoms. The first-order chi connectivity index (χ1) is 19.4. The molecule has 0 saturated heterocycles. The third-order valence-electron chi connectivity index (χ3n) is 8.07. The second-order valence-electron chi connectivity index (χ2n) is 10.8. The molecule has 2 aliphatic rings. The summed E-state index contributed by atoms with van der Waals surface area (Å²) in [5, 5.41) is 13.9. The number of carboxylic acids is 1. The number of carbonyl (C=O) groups is 1. The molecule has 1 aliphatic heterocycles. The molecule has 204 valence electrons. The van der Waals surface area contributed by atoms with Gasteiger partial charge in [-0.05, 0) is 80.0 Å². The van der Waals surface area contributed by atoms with Crippen molar-refractivity contribution in [3.05, 3.63) is 106 Å². The third-order valence-corrected chi connectivity index (χ3v) is 8.07. The molecule has 1 saturated carbocycles. The summed E-state index contributed by atoms with van der Waals surface area (Å²) in [4.78, 5) is 35.6. The molecule has 0 radical (unpaired) electrons. The van der Waals surface area contributed by atoms with Crippen molar-refractivity contribution >= 4 is 22.6 Å². The van der Waals surface area contributed by atoms with Crippen molar-refractivity contribution < 1.29 is 19.1 Å². The van der Waals surface area contributed by atoms with Crippen molar-refractivity contribution in [2.75, 3.05) is 0 Å². The first kappa shape index (κ1) is 25.9. The molecule has 7 nitrogen and oxygen atoms in total. The lowest BCUT2D eigenvalue weighted by atomic mass is 9.90. The molecule has 1 N–H and O–H groups in total. The number of oxime groups is 1. The molecule has 1 aromatic heterocycles. The van der Waals surface area contributed by atoms with Crippen LogP contribution in [0, 0.1) is 5.82 Å². The molecule has 4 aromatic rings. The van der Waals surface area contributed by atoms with E-state index in [1.807, 2.05) is 18.2 Å². The van der Waals surface area contributed by atoms with Gasteiger partial charge in [0.25, 0.3) is 5.56 Å². The predicted molar refractivity (Wildman–Crippen MR) is 150 cm³/mol. The Bertz CT molecular complexity index is 1650. The van der Waals surface area contributed by atoms with Gasteiger partial charge in [0, 0.05) is 24.8 Å². The van der Waals surface area contributed by atoms with Crippen molar-refractivity contribution in [3.63, 3.8) is 0 Å². The Labute approximate surface area is 230 Å². The van der Waals surface area contributed by atoms with Crippen molar-refractivity contribution in [3.8, 4) is 5.69 Å². The Morgan fingerprint density at radius 1 is 1.07 bits per heavy atom. The molecule has 2 unspecified atom stereocenters. The second kappa shape index (κ2) is 10.7. The summed E-state index contributed by atoms with van der Waals surface area (Å²) >= 11 is 0. The van der Waals surface area contributed by atoms with Crippen LogP contribution >= 0.6 is 0 Å². The SMILES string of the molecule is O=C(O)CCCCc1nc2cc(C3=NOC4(CCC(c5ccccc5)C4)C3)ccc2c(=O)n1-c1ccc(F)cc1. The third kappa shape index (κ3) is 5.13. The van der Waals surface area contributed by atoms with Gasteiger partial charge in [-0.25, -0.2) is 9.37 Å². The highest BCUT2D eigenvalue weighted by Crippen LogP contribution is 2.47. The Kier molecular flexibility index (Phi) is 6.92. The molecule has 0 bridgehead atoms. The molecule has 2 atom stereocenters. The molecular formula is C32H30FN3O4. The highest BCUT2D eigenvalue weighted by atomic mass is 19.1. The van der Waals surface area contributed by atoms with E-state index in [0.717, 1.165) is 30.5 Å². The smallest absolute Gasteiger partial charge is 0.303 e. The lowest BCUT2D eigenvalue weighted by Crippen LogP contribution is -2.25. The predicted octanol–water partition coefficient (Wildman–Crippen LogP) is 6.15. The van der Waals surface area contributed by atoms with Gasteiger partial charge in [-0.2, -0.15) is 0 Å². The van der Waals surface area contributed by atoms with Gasteiger partial charge in [0.1, 0.15) is 17.2 Å². The molecule has 40 heavy (non-hydrogen) atoms. The Morgan fingerprint density at radius 2 is 1.88 bits per heavy atom. The highest BCUT2D eigenvalue weighted by molar-refractivity contribution is 6.04. The topological polar surface area (TPSA) is 93.8 Å². The summed E-state index contributed by atoms with van der Waals surface area (Å²) in [5.74, 6) is -0.300. The van der Waals surface area contributed by atoms with Crippen LogP contribution in [0.5, 0.6) is 0 Å². The number of fused-ring (bicyclic) bond motifs is 1. The molecule has 3 aromatic carbocycles.